The van der Waals surface area contributed by atoms with E-state index in [0.717, 1.165) is 102 Å². The number of halogens is 3. The Hall–Kier alpha value is -12.4. The molecule has 718 valence electrons. The maximum atomic E-state index is 16.6. The number of primary amides is 1. The van der Waals surface area contributed by atoms with Crippen molar-refractivity contribution >= 4 is 134 Å². The van der Waals surface area contributed by atoms with Crippen molar-refractivity contribution < 1.29 is 142 Å². The van der Waals surface area contributed by atoms with E-state index in [1.807, 2.05) is 0 Å². The lowest BCUT2D eigenvalue weighted by Gasteiger charge is -2.50. The number of fused-ring (bicyclic) bond motifs is 15. The molecule has 49 heteroatoms. The number of hydrogen-bond donors (Lipinski definition) is 21. The number of carbonyl (C=O) groups excluding carboxylic acids is 11. The molecule has 10 amide bonds. The number of likely N-dealkylation sites (N-methyl/N-ethyl adjacent to an activating group) is 1. The second kappa shape index (κ2) is 40.7. The first-order chi connectivity index (χ1) is 64.0. The number of phenols is 3. The minimum absolute atomic E-state index is 0.00130. The lowest BCUT2D eigenvalue weighted by atomic mass is 9.86. The zero-order valence-electron chi connectivity index (χ0n) is 72.1. The van der Waals surface area contributed by atoms with Crippen molar-refractivity contribution in [2.24, 2.45) is 22.5 Å². The Morgan fingerprint density at radius 3 is 2.03 bits per heavy atom. The van der Waals surface area contributed by atoms with Crippen LogP contribution in [0.5, 0.6) is 46.0 Å². The summed E-state index contributed by atoms with van der Waals surface area (Å²) in [6, 6.07) is 0.635. The number of thioether (sulfide) groups is 1. The predicted octanol–water partition coefficient (Wildman–Crippen LogP) is -1.23. The number of nitrogens with zero attached hydrogens (tertiary/aromatic N) is 4. The Morgan fingerprint density at radius 1 is 0.763 bits per heavy atom. The fourth-order valence-electron chi connectivity index (χ4n) is 16.5. The number of aromatic nitrogens is 2. The second-order valence-corrected chi connectivity index (χ2v) is 36.9. The SMILES string of the molecule is CNC(CC(C)C)C(=O)NC1C(=O)NC(CC(N)=O)C(=O)NC2C(=O)NC3C(=O)NC(C(=O)NC(C(=O)NCc4cc[n+](CC5=C(C(=O)[O-])N6C(=O)C(NC(=O)/C(=N/OC)c7nc(N)sc7Cl)C6SC5)cc4)c4cc(O)cc(O)c4-c4cc(O)ccc43)C(O)c3ccc(c(Cl)c3)Oc3cc2cc(c3OC2OC(CO)C(O)C(O)C2OC2CC(C)(N)C(O)C(C)O2)Oc2ccc(cc2Cl)C1O. The topological polar surface area (TPSA) is 676 Å². The summed E-state index contributed by atoms with van der Waals surface area (Å²) in [7, 11) is 2.62. The van der Waals surface area contributed by atoms with Gasteiger partial charge in [-0.05, 0) is 127 Å². The van der Waals surface area contributed by atoms with Crippen molar-refractivity contribution in [2.75, 3.05) is 32.3 Å². The molecule has 9 aliphatic heterocycles. The number of pyridine rings is 1. The number of carboxylic acid groups (broad SMARTS) is 1. The van der Waals surface area contributed by atoms with Gasteiger partial charge in [0.1, 0.15) is 124 Å². The maximum Gasteiger partial charge on any atom is 0.276 e. The van der Waals surface area contributed by atoms with Crippen LogP contribution in [0.25, 0.3) is 11.1 Å². The van der Waals surface area contributed by atoms with Crippen LogP contribution in [0.1, 0.15) is 116 Å². The highest BCUT2D eigenvalue weighted by molar-refractivity contribution is 8.00. The van der Waals surface area contributed by atoms with Crippen molar-refractivity contribution in [3.05, 3.63) is 168 Å². The molecule has 2 aromatic heterocycles. The Labute approximate surface area is 789 Å². The number of amides is 10. The highest BCUT2D eigenvalue weighted by Gasteiger charge is 2.55. The van der Waals surface area contributed by atoms with Gasteiger partial charge in [-0.2, -0.15) is 0 Å². The molecule has 5 aromatic carbocycles. The van der Waals surface area contributed by atoms with Crippen molar-refractivity contribution in [2.45, 2.75) is 181 Å². The Bertz CT molecular complexity index is 5940. The fraction of sp³-hybridized carbons (Fsp3) is 0.395. The van der Waals surface area contributed by atoms with Gasteiger partial charge < -0.3 is 154 Å². The summed E-state index contributed by atoms with van der Waals surface area (Å²) in [6.07, 6.45) is -16.2. The number of nitrogens with one attached hydrogen (secondary N) is 9. The summed E-state index contributed by atoms with van der Waals surface area (Å²) in [6.45, 7) is 5.01. The number of aliphatic carboxylic acids is 1. The van der Waals surface area contributed by atoms with E-state index >= 15 is 28.8 Å². The van der Waals surface area contributed by atoms with E-state index in [4.69, 9.17) is 85.3 Å². The summed E-state index contributed by atoms with van der Waals surface area (Å²) in [5.41, 5.74) is 13.3. The summed E-state index contributed by atoms with van der Waals surface area (Å²) < 4.78 is 40.3. The van der Waals surface area contributed by atoms with E-state index in [1.165, 1.54) is 62.1 Å². The number of nitrogen functional groups attached to an aromatic ring is 1. The molecule has 0 spiro atoms. The van der Waals surface area contributed by atoms with Crippen molar-refractivity contribution in [1.82, 2.24) is 57.7 Å². The number of β-lactam (4-membered cyclic amide) rings is 1. The lowest BCUT2D eigenvalue weighted by molar-refractivity contribution is -0.689. The van der Waals surface area contributed by atoms with E-state index in [-0.39, 0.29) is 68.7 Å². The maximum absolute atomic E-state index is 16.6. The molecule has 20 atom stereocenters. The minimum Gasteiger partial charge on any atom is -0.543 e. The van der Waals surface area contributed by atoms with Crippen LogP contribution in [0, 0.1) is 5.92 Å². The van der Waals surface area contributed by atoms with Crippen LogP contribution in [0.3, 0.4) is 0 Å². The molecule has 0 radical (unpaired) electrons. The number of benzene rings is 5. The van der Waals surface area contributed by atoms with E-state index in [0.29, 0.717) is 5.56 Å². The number of rotatable bonds is 22. The minimum atomic E-state index is -2.45. The molecule has 24 N–H and O–H groups in total. The summed E-state index contributed by atoms with van der Waals surface area (Å²) >= 11 is 22.6. The highest BCUT2D eigenvalue weighted by atomic mass is 35.5. The molecular weight excluding hydrogens is 1880 g/mol. The van der Waals surface area contributed by atoms with Crippen LogP contribution < -0.4 is 88.9 Å². The number of anilines is 1. The van der Waals surface area contributed by atoms with Crippen LogP contribution in [0.15, 0.2) is 120 Å². The number of carboxylic acids is 1. The van der Waals surface area contributed by atoms with Crippen LogP contribution in [-0.2, 0) is 84.9 Å². The second-order valence-electron chi connectivity index (χ2n) is 33.4. The third-order valence-electron chi connectivity index (χ3n) is 23.3. The van der Waals surface area contributed by atoms with Gasteiger partial charge >= 0.3 is 0 Å². The average molecular weight is 1970 g/mol. The van der Waals surface area contributed by atoms with Gasteiger partial charge in [0.05, 0.1) is 53.0 Å². The molecule has 3 saturated heterocycles. The standard InChI is InChI=1S/C86H93Cl3N16O28S2/c1-31(2)17-45(93-5)73(116)99-61-65(111)34-7-11-48(43(87)18-34)129-50-20-36-21-51(69(50)133-84-70(68(114)67(113)52(29-106)131-84)132-54-26-86(4,92)71(115)32(3)128-54)130-49-12-8-35(19-44(49)88)66(112)62-80(123)98-58(42-23-39(108)24-47(109)55(42)41-22-38(107)9-10-40(41)57(77(120)100-62)97-76(119)56(36)96-74(117)46(25-53(90)110)95-79(61)122)75(118)94-27-33-13-15-104(16-14-33)28-37-30-134-82-63(81(124)105(82)64(37)83(125)126)101-78(121)60(103-127-6)59-72(89)135-85(91)102-59/h7-16,18-24,31-32,45-46,52,54,56-58,61-63,65-68,70-71,82,84,93,106,111-115H,17,25-30,92H2,1-6H3,(H15-,90,91,94,95,96,97,98,99,100,101,102,107,108,109,110,116,117,118,119,120,121,122,123,125,126)/b103-60+. The number of ether oxygens (including phenoxy) is 6. The van der Waals surface area contributed by atoms with Gasteiger partial charge in [0, 0.05) is 53.6 Å². The highest BCUT2D eigenvalue weighted by Crippen LogP contribution is 2.51. The molecule has 0 saturated carbocycles. The first-order valence-corrected chi connectivity index (χ1v) is 44.7. The number of phenolic OH excluding ortho intramolecular Hbond substituents is 3. The van der Waals surface area contributed by atoms with Gasteiger partial charge in [-0.15, -0.1) is 11.8 Å². The zero-order valence-corrected chi connectivity index (χ0v) is 76.0. The van der Waals surface area contributed by atoms with Crippen LogP contribution >= 0.6 is 57.9 Å². The van der Waals surface area contributed by atoms with E-state index in [1.54, 1.807) is 13.8 Å². The number of aliphatic hydroxyl groups excluding tert-OH is 6. The van der Waals surface area contributed by atoms with E-state index in [2.05, 4.69) is 58.0 Å². The lowest BCUT2D eigenvalue weighted by Crippen LogP contribution is -2.71. The smallest absolute Gasteiger partial charge is 0.276 e. The number of hydrogen-bond acceptors (Lipinski definition) is 35. The Kier molecular flexibility index (Phi) is 29.7. The number of aromatic hydroxyl groups is 3. The van der Waals surface area contributed by atoms with Crippen LogP contribution in [0.2, 0.25) is 14.4 Å². The third kappa shape index (κ3) is 20.9. The van der Waals surface area contributed by atoms with Crippen molar-refractivity contribution in [3.8, 4) is 57.1 Å². The number of nitrogens with two attached hydrogens (primary N) is 3. The summed E-state index contributed by atoms with van der Waals surface area (Å²) in [4.78, 5) is 172. The molecule has 11 heterocycles. The van der Waals surface area contributed by atoms with Crippen molar-refractivity contribution in [3.63, 3.8) is 0 Å². The van der Waals surface area contributed by atoms with Crippen molar-refractivity contribution in [1.29, 1.82) is 0 Å². The van der Waals surface area contributed by atoms with E-state index < -0.39 is 295 Å². The molecule has 7 aromatic rings. The third-order valence-corrected chi connectivity index (χ3v) is 26.3. The number of aliphatic hydroxyl groups is 6. The average Bonchev–Trinajstić information content (AvgIpc) is 0.903. The van der Waals surface area contributed by atoms with Gasteiger partial charge in [-0.1, -0.05) is 83.3 Å². The first kappa shape index (κ1) is 98.6. The summed E-state index contributed by atoms with van der Waals surface area (Å²) in [5, 5.41) is 144. The first-order valence-electron chi connectivity index (χ1n) is 41.7. The predicted molar refractivity (Wildman–Crippen MR) is 472 cm³/mol. The quantitative estimate of drug-likeness (QED) is 0.0164. The number of oxime groups is 1. The van der Waals surface area contributed by atoms with E-state index in [9.17, 15) is 75.0 Å². The molecule has 0 aliphatic carbocycles. The van der Waals surface area contributed by atoms with Gasteiger partial charge in [0.25, 0.3) is 11.8 Å². The molecule has 3 fully saturated rings. The largest absolute Gasteiger partial charge is 0.543 e. The molecular formula is C86H93Cl3N16O28S2. The van der Waals surface area contributed by atoms with Gasteiger partial charge in [-0.3, -0.25) is 52.8 Å². The van der Waals surface area contributed by atoms with Crippen LogP contribution in [-0.4, -0.2) is 243 Å². The Morgan fingerprint density at radius 2 is 1.42 bits per heavy atom. The molecule has 9 bridgehead atoms. The molecule has 135 heavy (non-hydrogen) atoms. The van der Waals surface area contributed by atoms with Gasteiger partial charge in [-0.25, -0.2) is 9.55 Å². The van der Waals surface area contributed by atoms with Gasteiger partial charge in [0.15, 0.2) is 53.7 Å². The zero-order chi connectivity index (χ0) is 97.5. The normalized spacial score (nSPS) is 27.2. The number of carbonyl (C=O) groups is 11. The van der Waals surface area contributed by atoms with Crippen LogP contribution in [0.4, 0.5) is 5.13 Å². The molecule has 16 rings (SSSR count). The summed E-state index contributed by atoms with van der Waals surface area (Å²) in [5.74, 6) is -19.2. The monoisotopic (exact) mass is 1970 g/mol. The number of thiazole rings is 1. The Balaban J connectivity index is 0.869. The molecule has 20 unspecified atom stereocenters. The van der Waals surface area contributed by atoms with Gasteiger partial charge in [0.2, 0.25) is 59.3 Å². The fourth-order valence-corrected chi connectivity index (χ4v) is 19.3. The molecule has 9 aliphatic rings. The molecule has 44 nitrogen and oxygen atoms in total.